The van der Waals surface area contributed by atoms with Gasteiger partial charge in [-0.05, 0) is 41.0 Å². The first-order chi connectivity index (χ1) is 12.1. The largest absolute Gasteiger partial charge is 0.489 e. The molecule has 3 rings (SSSR count). The zero-order valence-corrected chi connectivity index (χ0v) is 14.3. The van der Waals surface area contributed by atoms with Crippen LogP contribution in [-0.2, 0) is 13.0 Å². The molecule has 4 heteroatoms. The molecule has 0 aliphatic heterocycles. The van der Waals surface area contributed by atoms with Crippen molar-refractivity contribution in [3.8, 4) is 5.75 Å². The Morgan fingerprint density at radius 1 is 0.920 bits per heavy atom. The summed E-state index contributed by atoms with van der Waals surface area (Å²) in [6.07, 6.45) is -0.401. The molecule has 0 spiro atoms. The van der Waals surface area contributed by atoms with Gasteiger partial charge < -0.3 is 9.84 Å². The molecule has 128 valence electrons. The Morgan fingerprint density at radius 2 is 1.64 bits per heavy atom. The van der Waals surface area contributed by atoms with E-state index in [2.05, 4.69) is 0 Å². The second-order valence-corrected chi connectivity index (χ2v) is 6.22. The summed E-state index contributed by atoms with van der Waals surface area (Å²) in [6.45, 7) is 0.493. The Labute approximate surface area is 151 Å². The van der Waals surface area contributed by atoms with Crippen molar-refractivity contribution in [2.24, 2.45) is 0 Å². The second kappa shape index (κ2) is 8.15. The Bertz CT molecular complexity index is 819. The van der Waals surface area contributed by atoms with Gasteiger partial charge in [0.15, 0.2) is 0 Å². The Hall–Kier alpha value is -2.36. The zero-order valence-electron chi connectivity index (χ0n) is 13.5. The molecule has 0 aromatic heterocycles. The summed E-state index contributed by atoms with van der Waals surface area (Å²) in [5, 5.41) is 10.4. The Kier molecular flexibility index (Phi) is 5.69. The molecule has 0 fully saturated rings. The summed E-state index contributed by atoms with van der Waals surface area (Å²) < 4.78 is 19.2. The van der Waals surface area contributed by atoms with Gasteiger partial charge in [-0.25, -0.2) is 4.39 Å². The average molecular weight is 357 g/mol. The van der Waals surface area contributed by atoms with Crippen LogP contribution in [0.25, 0.3) is 0 Å². The lowest BCUT2D eigenvalue weighted by Gasteiger charge is -2.13. The van der Waals surface area contributed by atoms with E-state index in [1.54, 1.807) is 6.07 Å². The van der Waals surface area contributed by atoms with E-state index in [0.717, 1.165) is 16.9 Å². The van der Waals surface area contributed by atoms with Gasteiger partial charge in [0.25, 0.3) is 0 Å². The number of ether oxygens (including phenoxy) is 1. The van der Waals surface area contributed by atoms with Crippen molar-refractivity contribution in [3.63, 3.8) is 0 Å². The first-order valence-electron chi connectivity index (χ1n) is 8.00. The fourth-order valence-corrected chi connectivity index (χ4v) is 2.65. The number of hydrogen-bond acceptors (Lipinski definition) is 2. The normalized spacial score (nSPS) is 12.0. The van der Waals surface area contributed by atoms with Gasteiger partial charge in [-0.3, -0.25) is 0 Å². The maximum Gasteiger partial charge on any atom is 0.142 e. The minimum atomic E-state index is -0.719. The van der Waals surface area contributed by atoms with Crippen LogP contribution in [-0.4, -0.2) is 5.11 Å². The molecular weight excluding hydrogens is 339 g/mol. The molecule has 2 nitrogen and oxygen atoms in total. The highest BCUT2D eigenvalue weighted by Gasteiger charge is 2.10. The number of benzene rings is 3. The highest BCUT2D eigenvalue weighted by Crippen LogP contribution is 2.23. The molecule has 0 amide bonds. The van der Waals surface area contributed by atoms with Crippen LogP contribution in [0.3, 0.4) is 0 Å². The van der Waals surface area contributed by atoms with Gasteiger partial charge in [0, 0.05) is 6.42 Å². The van der Waals surface area contributed by atoms with Gasteiger partial charge in [0.05, 0.1) is 11.1 Å². The van der Waals surface area contributed by atoms with E-state index in [-0.39, 0.29) is 5.02 Å². The molecule has 3 aromatic carbocycles. The van der Waals surface area contributed by atoms with Crippen molar-refractivity contribution in [1.29, 1.82) is 0 Å². The van der Waals surface area contributed by atoms with E-state index in [9.17, 15) is 9.50 Å². The van der Waals surface area contributed by atoms with Crippen LogP contribution < -0.4 is 4.74 Å². The van der Waals surface area contributed by atoms with E-state index in [1.165, 1.54) is 12.1 Å². The summed E-state index contributed by atoms with van der Waals surface area (Å²) in [5.41, 5.74) is 2.54. The van der Waals surface area contributed by atoms with Gasteiger partial charge in [-0.15, -0.1) is 0 Å². The van der Waals surface area contributed by atoms with Gasteiger partial charge >= 0.3 is 0 Å². The second-order valence-electron chi connectivity index (χ2n) is 5.81. The lowest BCUT2D eigenvalue weighted by molar-refractivity contribution is 0.178. The first kappa shape index (κ1) is 17.5. The summed E-state index contributed by atoms with van der Waals surface area (Å²) in [7, 11) is 0. The maximum absolute atomic E-state index is 13.5. The highest BCUT2D eigenvalue weighted by atomic mass is 35.5. The minimum absolute atomic E-state index is 0.0816. The standard InChI is InChI=1S/C21H18ClFO2/c22-19-11-6-16(12-20(19)23)13-21(24)17-7-9-18(10-8-17)25-14-15-4-2-1-3-5-15/h1-12,21,24H,13-14H2. The molecule has 1 atom stereocenters. The fourth-order valence-electron chi connectivity index (χ4n) is 2.53. The van der Waals surface area contributed by atoms with E-state index >= 15 is 0 Å². The van der Waals surface area contributed by atoms with E-state index < -0.39 is 11.9 Å². The molecule has 25 heavy (non-hydrogen) atoms. The fraction of sp³-hybridized carbons (Fsp3) is 0.143. The van der Waals surface area contributed by atoms with E-state index in [4.69, 9.17) is 16.3 Å². The third-order valence-electron chi connectivity index (χ3n) is 3.93. The number of rotatable bonds is 6. The molecule has 0 bridgehead atoms. The number of aliphatic hydroxyl groups excluding tert-OH is 1. The number of hydrogen-bond donors (Lipinski definition) is 1. The molecule has 1 unspecified atom stereocenters. The van der Waals surface area contributed by atoms with Crippen LogP contribution in [0.1, 0.15) is 22.8 Å². The first-order valence-corrected chi connectivity index (χ1v) is 8.38. The molecule has 0 aliphatic rings. The maximum atomic E-state index is 13.5. The smallest absolute Gasteiger partial charge is 0.142 e. The Balaban J connectivity index is 1.60. The van der Waals surface area contributed by atoms with Crippen molar-refractivity contribution in [1.82, 2.24) is 0 Å². The van der Waals surface area contributed by atoms with Crippen molar-refractivity contribution in [2.75, 3.05) is 0 Å². The van der Waals surface area contributed by atoms with Gasteiger partial charge in [-0.2, -0.15) is 0 Å². The van der Waals surface area contributed by atoms with Crippen LogP contribution in [0.2, 0.25) is 5.02 Å². The predicted molar refractivity (Wildman–Crippen MR) is 97.3 cm³/mol. The summed E-state index contributed by atoms with van der Waals surface area (Å²) >= 11 is 5.67. The zero-order chi connectivity index (χ0) is 17.6. The molecule has 0 radical (unpaired) electrons. The molecule has 0 saturated carbocycles. The Morgan fingerprint density at radius 3 is 2.32 bits per heavy atom. The number of aliphatic hydroxyl groups is 1. The molecular formula is C21H18ClFO2. The summed E-state index contributed by atoms with van der Waals surface area (Å²) in [5.74, 6) is 0.258. The van der Waals surface area contributed by atoms with Gasteiger partial charge in [0.1, 0.15) is 18.2 Å². The summed E-state index contributed by atoms with van der Waals surface area (Å²) in [4.78, 5) is 0. The summed E-state index contributed by atoms with van der Waals surface area (Å²) in [6, 6.07) is 21.8. The minimum Gasteiger partial charge on any atom is -0.489 e. The van der Waals surface area contributed by atoms with Crippen molar-refractivity contribution in [3.05, 3.63) is 100 Å². The van der Waals surface area contributed by atoms with Crippen LogP contribution in [0.5, 0.6) is 5.75 Å². The van der Waals surface area contributed by atoms with E-state index in [1.807, 2.05) is 54.6 Å². The quantitative estimate of drug-likeness (QED) is 0.646. The molecule has 1 N–H and O–H groups in total. The van der Waals surface area contributed by atoms with Crippen LogP contribution in [0.4, 0.5) is 4.39 Å². The van der Waals surface area contributed by atoms with Crippen molar-refractivity contribution >= 4 is 11.6 Å². The molecule has 0 heterocycles. The lowest BCUT2D eigenvalue weighted by Crippen LogP contribution is -2.02. The van der Waals surface area contributed by atoms with Gasteiger partial charge in [0.2, 0.25) is 0 Å². The van der Waals surface area contributed by atoms with Crippen LogP contribution in [0.15, 0.2) is 72.8 Å². The molecule has 3 aromatic rings. The van der Waals surface area contributed by atoms with Crippen molar-refractivity contribution in [2.45, 2.75) is 19.1 Å². The molecule has 0 saturated heterocycles. The predicted octanol–water partition coefficient (Wildman–Crippen LogP) is 5.33. The van der Waals surface area contributed by atoms with Crippen LogP contribution >= 0.6 is 11.6 Å². The van der Waals surface area contributed by atoms with Crippen molar-refractivity contribution < 1.29 is 14.2 Å². The monoisotopic (exact) mass is 356 g/mol. The van der Waals surface area contributed by atoms with Gasteiger partial charge in [-0.1, -0.05) is 60.1 Å². The lowest BCUT2D eigenvalue weighted by atomic mass is 10.0. The number of halogens is 2. The van der Waals surface area contributed by atoms with Crippen LogP contribution in [0, 0.1) is 5.82 Å². The topological polar surface area (TPSA) is 29.5 Å². The molecule has 0 aliphatic carbocycles. The third-order valence-corrected chi connectivity index (χ3v) is 4.23. The highest BCUT2D eigenvalue weighted by molar-refractivity contribution is 6.30. The SMILES string of the molecule is OC(Cc1ccc(Cl)c(F)c1)c1ccc(OCc2ccccc2)cc1. The average Bonchev–Trinajstić information content (AvgIpc) is 2.64. The van der Waals surface area contributed by atoms with E-state index in [0.29, 0.717) is 18.6 Å². The third kappa shape index (κ3) is 4.81.